The number of hydroxylamine groups is 1. The second-order valence-electron chi connectivity index (χ2n) is 8.25. The number of nitrogens with zero attached hydrogens (tertiary/aromatic N) is 2. The number of carbonyl (C=O) groups excluding carboxylic acids is 2. The summed E-state index contributed by atoms with van der Waals surface area (Å²) in [5.41, 5.74) is 2.05. The molecule has 0 spiro atoms. The van der Waals surface area contributed by atoms with Gasteiger partial charge in [0.2, 0.25) is 5.91 Å². The summed E-state index contributed by atoms with van der Waals surface area (Å²) in [6.07, 6.45) is -0.0352. The molecule has 2 aliphatic heterocycles. The van der Waals surface area contributed by atoms with Crippen LogP contribution in [-0.4, -0.2) is 31.6 Å². The molecule has 2 heterocycles. The van der Waals surface area contributed by atoms with Gasteiger partial charge >= 0.3 is 0 Å². The topological polar surface area (TPSA) is 68.3 Å². The van der Waals surface area contributed by atoms with Crippen LogP contribution in [0, 0.1) is 5.92 Å². The van der Waals surface area contributed by atoms with Gasteiger partial charge in [-0.15, -0.1) is 0 Å². The summed E-state index contributed by atoms with van der Waals surface area (Å²) < 4.78 is 11.2. The maximum Gasteiger partial charge on any atom is 0.266 e. The molecule has 0 radical (unpaired) electrons. The minimum atomic E-state index is -0.932. The van der Waals surface area contributed by atoms with Crippen molar-refractivity contribution in [2.75, 3.05) is 23.7 Å². The van der Waals surface area contributed by atoms with Gasteiger partial charge < -0.3 is 9.47 Å². The molecule has 0 unspecified atom stereocenters. The first-order valence-electron chi connectivity index (χ1n) is 11.4. The Hall–Kier alpha value is -3.84. The highest BCUT2D eigenvalue weighted by Crippen LogP contribution is 2.49. The summed E-state index contributed by atoms with van der Waals surface area (Å²) in [7, 11) is 1.59. The van der Waals surface area contributed by atoms with Crippen LogP contribution in [-0.2, 0) is 14.4 Å². The maximum atomic E-state index is 13.7. The van der Waals surface area contributed by atoms with Crippen LogP contribution >= 0.6 is 0 Å². The van der Waals surface area contributed by atoms with E-state index in [9.17, 15) is 9.59 Å². The molecule has 5 rings (SSSR count). The number of para-hydroxylation sites is 2. The Morgan fingerprint density at radius 3 is 2.26 bits per heavy atom. The standard InChI is InChI=1S/C27H26N2O5/c1-3-17-33-20-15-13-18(14-16-20)28-26(30)23-24(21-11-7-8-12-22(21)32-2)29(34-25(23)27(28)31)19-9-5-4-6-10-19/h4-16,23-25H,3,17H2,1-2H3/t23-,24+,25+/m0/s1. The lowest BCUT2D eigenvalue weighted by Gasteiger charge is -2.29. The van der Waals surface area contributed by atoms with Gasteiger partial charge in [0.05, 0.1) is 31.1 Å². The molecule has 0 saturated carbocycles. The predicted octanol–water partition coefficient (Wildman–Crippen LogP) is 4.54. The molecule has 7 heteroatoms. The van der Waals surface area contributed by atoms with Gasteiger partial charge in [0.25, 0.3) is 5.91 Å². The van der Waals surface area contributed by atoms with Crippen LogP contribution < -0.4 is 19.4 Å². The molecule has 3 atom stereocenters. The minimum absolute atomic E-state index is 0.299. The molecule has 2 amide bonds. The van der Waals surface area contributed by atoms with Gasteiger partial charge in [-0.25, -0.2) is 9.96 Å². The van der Waals surface area contributed by atoms with Crippen LogP contribution in [0.1, 0.15) is 24.9 Å². The molecular formula is C27H26N2O5. The molecule has 7 nitrogen and oxygen atoms in total. The molecule has 3 aromatic rings. The Kier molecular flexibility index (Phi) is 5.94. The molecule has 0 aromatic heterocycles. The largest absolute Gasteiger partial charge is 0.496 e. The number of ether oxygens (including phenoxy) is 2. The summed E-state index contributed by atoms with van der Waals surface area (Å²) in [5.74, 6) is -0.0701. The quantitative estimate of drug-likeness (QED) is 0.485. The third kappa shape index (κ3) is 3.68. The van der Waals surface area contributed by atoms with Crippen molar-refractivity contribution in [2.45, 2.75) is 25.5 Å². The van der Waals surface area contributed by atoms with Crippen molar-refractivity contribution < 1.29 is 23.9 Å². The molecule has 0 bridgehead atoms. The van der Waals surface area contributed by atoms with Gasteiger partial charge in [-0.1, -0.05) is 43.3 Å². The average Bonchev–Trinajstić information content (AvgIpc) is 3.39. The first kappa shape index (κ1) is 22.0. The Balaban J connectivity index is 1.52. The molecule has 3 aromatic carbocycles. The number of imide groups is 1. The third-order valence-electron chi connectivity index (χ3n) is 6.15. The maximum absolute atomic E-state index is 13.7. The molecule has 2 saturated heterocycles. The first-order valence-corrected chi connectivity index (χ1v) is 11.4. The molecule has 0 N–H and O–H groups in total. The fraction of sp³-hybridized carbons (Fsp3) is 0.259. The highest BCUT2D eigenvalue weighted by Gasteiger charge is 2.60. The second-order valence-corrected chi connectivity index (χ2v) is 8.25. The zero-order chi connectivity index (χ0) is 23.7. The van der Waals surface area contributed by atoms with Crippen LogP contribution in [0.5, 0.6) is 11.5 Å². The Bertz CT molecular complexity index is 1180. The van der Waals surface area contributed by atoms with Gasteiger partial charge in [0.1, 0.15) is 17.4 Å². The van der Waals surface area contributed by atoms with E-state index in [1.807, 2.05) is 61.5 Å². The SMILES string of the molecule is CCCOc1ccc(N2C(=O)[C@H]3[C@@H](c4ccccc4OC)N(c4ccccc4)O[C@H]3C2=O)cc1. The van der Waals surface area contributed by atoms with Gasteiger partial charge in [-0.3, -0.25) is 14.4 Å². The van der Waals surface area contributed by atoms with Crippen molar-refractivity contribution in [3.05, 3.63) is 84.4 Å². The van der Waals surface area contributed by atoms with E-state index < -0.39 is 18.1 Å². The van der Waals surface area contributed by atoms with Crippen LogP contribution in [0.2, 0.25) is 0 Å². The number of methoxy groups -OCH3 is 1. The van der Waals surface area contributed by atoms with Crippen LogP contribution in [0.4, 0.5) is 11.4 Å². The summed E-state index contributed by atoms with van der Waals surface area (Å²) in [4.78, 5) is 34.6. The lowest BCUT2D eigenvalue weighted by molar-refractivity contribution is -0.126. The monoisotopic (exact) mass is 458 g/mol. The minimum Gasteiger partial charge on any atom is -0.496 e. The smallest absolute Gasteiger partial charge is 0.266 e. The number of carbonyl (C=O) groups is 2. The molecule has 2 fully saturated rings. The van der Waals surface area contributed by atoms with Crippen molar-refractivity contribution in [1.29, 1.82) is 0 Å². The summed E-state index contributed by atoms with van der Waals surface area (Å²) in [6, 6.07) is 23.5. The van der Waals surface area contributed by atoms with Gasteiger partial charge in [-0.2, -0.15) is 0 Å². The normalized spacial score (nSPS) is 21.6. The number of hydrogen-bond donors (Lipinski definition) is 0. The molecular weight excluding hydrogens is 432 g/mol. The van der Waals surface area contributed by atoms with Crippen LogP contribution in [0.25, 0.3) is 0 Å². The second kappa shape index (κ2) is 9.19. The van der Waals surface area contributed by atoms with Crippen molar-refractivity contribution in [1.82, 2.24) is 0 Å². The Morgan fingerprint density at radius 1 is 0.853 bits per heavy atom. The third-order valence-corrected chi connectivity index (χ3v) is 6.15. The molecule has 2 aliphatic rings. The summed E-state index contributed by atoms with van der Waals surface area (Å²) in [6.45, 7) is 2.64. The number of rotatable bonds is 7. The van der Waals surface area contributed by atoms with E-state index in [0.29, 0.717) is 23.8 Å². The fourth-order valence-electron chi connectivity index (χ4n) is 4.61. The van der Waals surface area contributed by atoms with E-state index in [-0.39, 0.29) is 11.8 Å². The highest BCUT2D eigenvalue weighted by atomic mass is 16.7. The highest BCUT2D eigenvalue weighted by molar-refractivity contribution is 6.24. The van der Waals surface area contributed by atoms with E-state index in [2.05, 4.69) is 0 Å². The van der Waals surface area contributed by atoms with Crippen LogP contribution in [0.15, 0.2) is 78.9 Å². The molecule has 34 heavy (non-hydrogen) atoms. The summed E-state index contributed by atoms with van der Waals surface area (Å²) >= 11 is 0. The molecule has 174 valence electrons. The predicted molar refractivity (Wildman–Crippen MR) is 128 cm³/mol. The lowest BCUT2D eigenvalue weighted by Crippen LogP contribution is -2.37. The number of hydrogen-bond acceptors (Lipinski definition) is 6. The van der Waals surface area contributed by atoms with Crippen molar-refractivity contribution >= 4 is 23.2 Å². The van der Waals surface area contributed by atoms with E-state index in [0.717, 1.165) is 17.7 Å². The van der Waals surface area contributed by atoms with Gasteiger partial charge in [0, 0.05) is 5.56 Å². The van der Waals surface area contributed by atoms with Gasteiger partial charge in [-0.05, 0) is 48.9 Å². The van der Waals surface area contributed by atoms with E-state index in [1.165, 1.54) is 4.90 Å². The zero-order valence-electron chi connectivity index (χ0n) is 19.1. The van der Waals surface area contributed by atoms with E-state index >= 15 is 0 Å². The number of benzene rings is 3. The zero-order valence-corrected chi connectivity index (χ0v) is 19.1. The number of amides is 2. The fourth-order valence-corrected chi connectivity index (χ4v) is 4.61. The van der Waals surface area contributed by atoms with E-state index in [1.54, 1.807) is 36.4 Å². The number of anilines is 2. The van der Waals surface area contributed by atoms with Crippen molar-refractivity contribution in [3.63, 3.8) is 0 Å². The van der Waals surface area contributed by atoms with Crippen molar-refractivity contribution in [2.24, 2.45) is 5.92 Å². The van der Waals surface area contributed by atoms with Crippen molar-refractivity contribution in [3.8, 4) is 11.5 Å². The average molecular weight is 459 g/mol. The molecule has 0 aliphatic carbocycles. The first-order chi connectivity index (χ1) is 16.6. The van der Waals surface area contributed by atoms with Crippen LogP contribution in [0.3, 0.4) is 0 Å². The number of fused-ring (bicyclic) bond motifs is 1. The lowest BCUT2D eigenvalue weighted by atomic mass is 9.90. The Labute approximate surface area is 198 Å². The Morgan fingerprint density at radius 2 is 1.56 bits per heavy atom. The van der Waals surface area contributed by atoms with E-state index in [4.69, 9.17) is 14.3 Å². The summed E-state index contributed by atoms with van der Waals surface area (Å²) in [5, 5.41) is 1.67. The van der Waals surface area contributed by atoms with Gasteiger partial charge in [0.15, 0.2) is 6.10 Å².